The molecule has 0 aliphatic carbocycles. The second kappa shape index (κ2) is 6.32. The minimum Gasteiger partial charge on any atom is -0.411 e. The van der Waals surface area contributed by atoms with Crippen LogP contribution in [0.1, 0.15) is 37.1 Å². The zero-order valence-electron chi connectivity index (χ0n) is 13.0. The number of nitrogens with zero attached hydrogens (tertiary/aromatic N) is 1. The van der Waals surface area contributed by atoms with Gasteiger partial charge in [-0.3, -0.25) is 0 Å². The molecule has 3 heteroatoms. The van der Waals surface area contributed by atoms with Gasteiger partial charge in [0.25, 0.3) is 0 Å². The normalized spacial score (nSPS) is 30.4. The molecule has 0 bridgehead atoms. The van der Waals surface area contributed by atoms with Gasteiger partial charge in [-0.2, -0.15) is 0 Å². The van der Waals surface area contributed by atoms with E-state index in [1.54, 1.807) is 0 Å². The number of nitrogens with one attached hydrogen (secondary N) is 1. The number of hydrogen-bond acceptors (Lipinski definition) is 3. The van der Waals surface area contributed by atoms with E-state index in [1.165, 1.54) is 11.1 Å². The lowest BCUT2D eigenvalue weighted by atomic mass is 9.75. The van der Waals surface area contributed by atoms with Gasteiger partial charge in [-0.25, -0.2) is 0 Å². The molecule has 0 amide bonds. The summed E-state index contributed by atoms with van der Waals surface area (Å²) in [6.07, 6.45) is 0. The van der Waals surface area contributed by atoms with Gasteiger partial charge in [0, 0.05) is 23.9 Å². The first-order valence-corrected chi connectivity index (χ1v) is 7.80. The molecule has 3 nitrogen and oxygen atoms in total. The van der Waals surface area contributed by atoms with Crippen molar-refractivity contribution in [2.24, 2.45) is 17.0 Å². The van der Waals surface area contributed by atoms with Crippen molar-refractivity contribution in [2.45, 2.75) is 25.9 Å². The Morgan fingerprint density at radius 1 is 0.773 bits per heavy atom. The summed E-state index contributed by atoms with van der Waals surface area (Å²) in [6, 6.07) is 21.0. The van der Waals surface area contributed by atoms with E-state index >= 15 is 0 Å². The van der Waals surface area contributed by atoms with Crippen LogP contribution in [0, 0.1) is 11.8 Å². The van der Waals surface area contributed by atoms with Gasteiger partial charge in [-0.05, 0) is 11.1 Å². The monoisotopic (exact) mass is 294 g/mol. The fraction of sp³-hybridized carbons (Fsp3) is 0.316. The molecule has 0 unspecified atom stereocenters. The summed E-state index contributed by atoms with van der Waals surface area (Å²) in [5.41, 5.74) is 3.31. The van der Waals surface area contributed by atoms with E-state index in [9.17, 15) is 5.21 Å². The Hall–Kier alpha value is -2.13. The highest BCUT2D eigenvalue weighted by Gasteiger charge is 2.38. The minimum absolute atomic E-state index is 0.147. The smallest absolute Gasteiger partial charge is 0.0664 e. The summed E-state index contributed by atoms with van der Waals surface area (Å²) in [5.74, 6) is 0.310. The molecule has 2 aromatic carbocycles. The van der Waals surface area contributed by atoms with Crippen LogP contribution < -0.4 is 5.32 Å². The highest BCUT2D eigenvalue weighted by Crippen LogP contribution is 2.38. The van der Waals surface area contributed by atoms with Crippen molar-refractivity contribution in [1.29, 1.82) is 0 Å². The van der Waals surface area contributed by atoms with Gasteiger partial charge < -0.3 is 10.5 Å². The van der Waals surface area contributed by atoms with Gasteiger partial charge >= 0.3 is 0 Å². The van der Waals surface area contributed by atoms with Crippen LogP contribution in [0.4, 0.5) is 0 Å². The van der Waals surface area contributed by atoms with E-state index in [1.807, 2.05) is 12.1 Å². The summed E-state index contributed by atoms with van der Waals surface area (Å²) < 4.78 is 0. The molecule has 1 saturated heterocycles. The fourth-order valence-corrected chi connectivity index (χ4v) is 3.51. The fourth-order valence-electron chi connectivity index (χ4n) is 3.51. The highest BCUT2D eigenvalue weighted by atomic mass is 16.4. The van der Waals surface area contributed by atoms with E-state index in [0.29, 0.717) is 0 Å². The van der Waals surface area contributed by atoms with Crippen LogP contribution in [0.2, 0.25) is 0 Å². The molecule has 4 atom stereocenters. The predicted octanol–water partition coefficient (Wildman–Crippen LogP) is 4.17. The summed E-state index contributed by atoms with van der Waals surface area (Å²) in [7, 11) is 0. The molecule has 1 fully saturated rings. The zero-order valence-corrected chi connectivity index (χ0v) is 13.0. The Labute approximate surface area is 131 Å². The van der Waals surface area contributed by atoms with Crippen LogP contribution in [0.5, 0.6) is 0 Å². The van der Waals surface area contributed by atoms with E-state index in [4.69, 9.17) is 0 Å². The van der Waals surface area contributed by atoms with Gasteiger partial charge in [0.15, 0.2) is 0 Å². The van der Waals surface area contributed by atoms with Crippen molar-refractivity contribution in [1.82, 2.24) is 5.32 Å². The van der Waals surface area contributed by atoms with Gasteiger partial charge in [-0.15, -0.1) is 0 Å². The van der Waals surface area contributed by atoms with E-state index in [0.717, 1.165) is 5.71 Å². The van der Waals surface area contributed by atoms with Crippen molar-refractivity contribution in [2.75, 3.05) is 0 Å². The van der Waals surface area contributed by atoms with E-state index in [-0.39, 0.29) is 23.9 Å². The van der Waals surface area contributed by atoms with Crippen LogP contribution in [0.15, 0.2) is 65.8 Å². The number of rotatable bonds is 2. The van der Waals surface area contributed by atoms with Crippen LogP contribution in [0.25, 0.3) is 0 Å². The Bertz CT molecular complexity index is 585. The van der Waals surface area contributed by atoms with Crippen LogP contribution in [-0.2, 0) is 0 Å². The SMILES string of the molecule is C[C@@H]1C(=NO)[C@H](C)[C@H](c2ccccc2)N[C@H]1c1ccccc1. The summed E-state index contributed by atoms with van der Waals surface area (Å²) >= 11 is 0. The molecule has 114 valence electrons. The van der Waals surface area contributed by atoms with Crippen LogP contribution in [0.3, 0.4) is 0 Å². The molecule has 0 radical (unpaired) electrons. The lowest BCUT2D eigenvalue weighted by Crippen LogP contribution is -2.46. The first-order valence-electron chi connectivity index (χ1n) is 7.80. The molecular formula is C19H22N2O. The molecule has 2 aromatic rings. The van der Waals surface area contributed by atoms with E-state index in [2.05, 4.69) is 72.9 Å². The average molecular weight is 294 g/mol. The maximum absolute atomic E-state index is 9.52. The van der Waals surface area contributed by atoms with Crippen molar-refractivity contribution in [3.63, 3.8) is 0 Å². The third kappa shape index (κ3) is 2.64. The summed E-state index contributed by atoms with van der Waals surface area (Å²) in [6.45, 7) is 4.24. The Morgan fingerprint density at radius 2 is 1.18 bits per heavy atom. The lowest BCUT2D eigenvalue weighted by Gasteiger charge is -2.41. The van der Waals surface area contributed by atoms with Gasteiger partial charge in [0.1, 0.15) is 0 Å². The molecule has 22 heavy (non-hydrogen) atoms. The van der Waals surface area contributed by atoms with Crippen molar-refractivity contribution >= 4 is 5.71 Å². The summed E-state index contributed by atoms with van der Waals surface area (Å²) in [4.78, 5) is 0. The van der Waals surface area contributed by atoms with Gasteiger partial charge in [-0.1, -0.05) is 79.7 Å². The quantitative estimate of drug-likeness (QED) is 0.645. The molecule has 1 aliphatic heterocycles. The molecule has 0 saturated carbocycles. The molecule has 3 rings (SSSR count). The maximum Gasteiger partial charge on any atom is 0.0664 e. The standard InChI is InChI=1S/C19H22N2O/c1-13-17(21-22)14(2)19(16-11-7-4-8-12-16)20-18(13)15-9-5-3-6-10-15/h3-14,18-20,22H,1-2H3/t13-,14+,18-,19-/m1/s1. The number of benzene rings is 2. The van der Waals surface area contributed by atoms with Crippen LogP contribution in [-0.4, -0.2) is 10.9 Å². The van der Waals surface area contributed by atoms with Gasteiger partial charge in [0.05, 0.1) is 5.71 Å². The molecule has 1 heterocycles. The maximum atomic E-state index is 9.52. The Balaban J connectivity index is 1.99. The second-order valence-electron chi connectivity index (χ2n) is 6.05. The Morgan fingerprint density at radius 3 is 1.55 bits per heavy atom. The predicted molar refractivity (Wildman–Crippen MR) is 89.1 cm³/mol. The number of hydrogen-bond donors (Lipinski definition) is 2. The first kappa shape index (κ1) is 14.8. The third-order valence-corrected chi connectivity index (χ3v) is 4.73. The molecular weight excluding hydrogens is 272 g/mol. The molecule has 0 spiro atoms. The average Bonchev–Trinajstić information content (AvgIpc) is 2.57. The zero-order chi connectivity index (χ0) is 15.5. The first-order chi connectivity index (χ1) is 10.7. The molecule has 0 aromatic heterocycles. The highest BCUT2D eigenvalue weighted by molar-refractivity contribution is 5.90. The topological polar surface area (TPSA) is 44.6 Å². The lowest BCUT2D eigenvalue weighted by molar-refractivity contribution is 0.271. The van der Waals surface area contributed by atoms with Crippen molar-refractivity contribution in [3.8, 4) is 0 Å². The van der Waals surface area contributed by atoms with Crippen molar-refractivity contribution in [3.05, 3.63) is 71.8 Å². The number of piperidine rings is 1. The largest absolute Gasteiger partial charge is 0.411 e. The van der Waals surface area contributed by atoms with E-state index < -0.39 is 0 Å². The second-order valence-corrected chi connectivity index (χ2v) is 6.05. The third-order valence-electron chi connectivity index (χ3n) is 4.73. The van der Waals surface area contributed by atoms with Gasteiger partial charge in [0.2, 0.25) is 0 Å². The minimum atomic E-state index is 0.147. The van der Waals surface area contributed by atoms with Crippen molar-refractivity contribution < 1.29 is 5.21 Å². The number of oxime groups is 1. The molecule has 2 N–H and O–H groups in total. The van der Waals surface area contributed by atoms with Crippen LogP contribution >= 0.6 is 0 Å². The Kier molecular flexibility index (Phi) is 4.25. The summed E-state index contributed by atoms with van der Waals surface area (Å²) in [5, 5.41) is 16.9. The molecule has 1 aliphatic rings.